The van der Waals surface area contributed by atoms with E-state index in [0.717, 1.165) is 12.8 Å². The molecule has 0 aliphatic rings. The molecule has 134 valence electrons. The summed E-state index contributed by atoms with van der Waals surface area (Å²) in [6.45, 7) is 3.27. The molecule has 2 rings (SSSR count). The summed E-state index contributed by atoms with van der Waals surface area (Å²) in [4.78, 5) is 12.4. The zero-order valence-electron chi connectivity index (χ0n) is 14.9. The van der Waals surface area contributed by atoms with Gasteiger partial charge in [0, 0.05) is 6.54 Å². The average Bonchev–Trinajstić information content (AvgIpc) is 2.66. The first kappa shape index (κ1) is 19.2. The minimum Gasteiger partial charge on any atom is -0.379 e. The molecule has 4 nitrogen and oxygen atoms in total. The van der Waals surface area contributed by atoms with Crippen LogP contribution in [0.25, 0.3) is 0 Å². The first-order chi connectivity index (χ1) is 12.1. The molecule has 0 saturated heterocycles. The lowest BCUT2D eigenvalue weighted by molar-refractivity contribution is -0.128. The molecule has 0 bridgehead atoms. The number of nitrogens with two attached hydrogens (primary N) is 1. The van der Waals surface area contributed by atoms with E-state index < -0.39 is 5.54 Å². The second-order valence-electron chi connectivity index (χ2n) is 6.29. The largest absolute Gasteiger partial charge is 0.379 e. The van der Waals surface area contributed by atoms with Crippen molar-refractivity contribution in [1.82, 2.24) is 5.32 Å². The van der Waals surface area contributed by atoms with Crippen molar-refractivity contribution < 1.29 is 9.53 Å². The van der Waals surface area contributed by atoms with Crippen LogP contribution in [0.3, 0.4) is 0 Å². The molecule has 2 aromatic carbocycles. The Morgan fingerprint density at radius 3 is 2.12 bits per heavy atom. The lowest BCUT2D eigenvalue weighted by Crippen LogP contribution is -2.57. The zero-order valence-corrected chi connectivity index (χ0v) is 14.9. The maximum atomic E-state index is 12.4. The number of nitrogens with one attached hydrogen (secondary N) is 1. The van der Waals surface area contributed by atoms with Crippen molar-refractivity contribution in [2.75, 3.05) is 19.8 Å². The number of ether oxygens (including phenoxy) is 1. The maximum absolute atomic E-state index is 12.4. The van der Waals surface area contributed by atoms with E-state index in [1.54, 1.807) is 0 Å². The third-order valence-corrected chi connectivity index (χ3v) is 4.36. The van der Waals surface area contributed by atoms with Gasteiger partial charge in [-0.3, -0.25) is 4.79 Å². The first-order valence-electron chi connectivity index (χ1n) is 8.87. The SMILES string of the molecule is CCC(N)(COCCc1ccccc1)C(=O)NCCc1ccccc1. The minimum absolute atomic E-state index is 0.148. The molecule has 0 radical (unpaired) electrons. The van der Waals surface area contributed by atoms with Crippen LogP contribution < -0.4 is 11.1 Å². The highest BCUT2D eigenvalue weighted by Crippen LogP contribution is 2.09. The van der Waals surface area contributed by atoms with Gasteiger partial charge in [-0.25, -0.2) is 0 Å². The smallest absolute Gasteiger partial charge is 0.242 e. The molecule has 0 heterocycles. The van der Waals surface area contributed by atoms with Crippen LogP contribution in [0.4, 0.5) is 0 Å². The summed E-state index contributed by atoms with van der Waals surface area (Å²) in [5.74, 6) is -0.148. The predicted molar refractivity (Wildman–Crippen MR) is 101 cm³/mol. The molecule has 0 aromatic heterocycles. The second-order valence-corrected chi connectivity index (χ2v) is 6.29. The number of amides is 1. The maximum Gasteiger partial charge on any atom is 0.242 e. The van der Waals surface area contributed by atoms with Gasteiger partial charge >= 0.3 is 0 Å². The van der Waals surface area contributed by atoms with E-state index in [4.69, 9.17) is 10.5 Å². The summed E-state index contributed by atoms with van der Waals surface area (Å²) in [6, 6.07) is 20.2. The molecule has 0 aliphatic heterocycles. The number of hydrogen-bond acceptors (Lipinski definition) is 3. The molecular weight excluding hydrogens is 312 g/mol. The van der Waals surface area contributed by atoms with Crippen molar-refractivity contribution in [2.24, 2.45) is 5.73 Å². The molecule has 1 unspecified atom stereocenters. The quantitative estimate of drug-likeness (QED) is 0.654. The Morgan fingerprint density at radius 2 is 1.56 bits per heavy atom. The predicted octanol–water partition coefficient (Wildman–Crippen LogP) is 2.71. The van der Waals surface area contributed by atoms with Crippen LogP contribution >= 0.6 is 0 Å². The van der Waals surface area contributed by atoms with E-state index in [2.05, 4.69) is 17.4 Å². The summed E-state index contributed by atoms with van der Waals surface area (Å²) in [6.07, 6.45) is 2.15. The lowest BCUT2D eigenvalue weighted by Gasteiger charge is -2.26. The Balaban J connectivity index is 1.72. The lowest BCUT2D eigenvalue weighted by atomic mass is 9.97. The Kier molecular flexibility index (Phi) is 7.64. The van der Waals surface area contributed by atoms with Gasteiger partial charge in [0.15, 0.2) is 0 Å². The molecule has 1 amide bonds. The Hall–Kier alpha value is -2.17. The number of benzene rings is 2. The summed E-state index contributed by atoms with van der Waals surface area (Å²) >= 11 is 0. The summed E-state index contributed by atoms with van der Waals surface area (Å²) in [5, 5.41) is 2.94. The highest BCUT2D eigenvalue weighted by atomic mass is 16.5. The Labute approximate surface area is 150 Å². The van der Waals surface area contributed by atoms with E-state index in [9.17, 15) is 4.79 Å². The fraction of sp³-hybridized carbons (Fsp3) is 0.381. The fourth-order valence-electron chi connectivity index (χ4n) is 2.56. The van der Waals surface area contributed by atoms with Crippen molar-refractivity contribution in [1.29, 1.82) is 0 Å². The number of rotatable bonds is 10. The van der Waals surface area contributed by atoms with E-state index in [1.165, 1.54) is 11.1 Å². The molecule has 2 aromatic rings. The van der Waals surface area contributed by atoms with Crippen LogP contribution in [0.5, 0.6) is 0 Å². The van der Waals surface area contributed by atoms with Crippen LogP contribution in [-0.2, 0) is 22.4 Å². The topological polar surface area (TPSA) is 64.3 Å². The third kappa shape index (κ3) is 6.33. The van der Waals surface area contributed by atoms with Crippen LogP contribution in [-0.4, -0.2) is 31.2 Å². The summed E-state index contributed by atoms with van der Waals surface area (Å²) < 4.78 is 5.69. The molecular formula is C21H28N2O2. The average molecular weight is 340 g/mol. The highest BCUT2D eigenvalue weighted by molar-refractivity contribution is 5.86. The van der Waals surface area contributed by atoms with Gasteiger partial charge in [0.25, 0.3) is 0 Å². The monoisotopic (exact) mass is 340 g/mol. The molecule has 0 spiro atoms. The normalized spacial score (nSPS) is 13.2. The number of carbonyl (C=O) groups is 1. The van der Waals surface area contributed by atoms with Gasteiger partial charge in [-0.15, -0.1) is 0 Å². The van der Waals surface area contributed by atoms with E-state index in [-0.39, 0.29) is 12.5 Å². The van der Waals surface area contributed by atoms with E-state index in [0.29, 0.717) is 19.6 Å². The zero-order chi connectivity index (χ0) is 18.0. The van der Waals surface area contributed by atoms with Gasteiger partial charge in [0.05, 0.1) is 13.2 Å². The standard InChI is InChI=1S/C21H28N2O2/c1-2-21(22,17-25-16-14-19-11-7-4-8-12-19)20(24)23-15-13-18-9-5-3-6-10-18/h3-12H,2,13-17,22H2,1H3,(H,23,24). The second kappa shape index (κ2) is 9.97. The van der Waals surface area contributed by atoms with Gasteiger partial charge in [0.2, 0.25) is 5.91 Å². The van der Waals surface area contributed by atoms with Crippen molar-refractivity contribution in [3.63, 3.8) is 0 Å². The van der Waals surface area contributed by atoms with Crippen molar-refractivity contribution in [3.8, 4) is 0 Å². The van der Waals surface area contributed by atoms with Crippen molar-refractivity contribution in [3.05, 3.63) is 71.8 Å². The van der Waals surface area contributed by atoms with E-state index in [1.807, 2.05) is 55.5 Å². The number of hydrogen-bond donors (Lipinski definition) is 2. The van der Waals surface area contributed by atoms with Crippen LogP contribution in [0.15, 0.2) is 60.7 Å². The molecule has 4 heteroatoms. The van der Waals surface area contributed by atoms with Crippen molar-refractivity contribution in [2.45, 2.75) is 31.7 Å². The summed E-state index contributed by atoms with van der Waals surface area (Å²) in [7, 11) is 0. The van der Waals surface area contributed by atoms with Gasteiger partial charge < -0.3 is 15.8 Å². The van der Waals surface area contributed by atoms with E-state index >= 15 is 0 Å². The van der Waals surface area contributed by atoms with Crippen LogP contribution in [0.1, 0.15) is 24.5 Å². The minimum atomic E-state index is -0.979. The Morgan fingerprint density at radius 1 is 1.00 bits per heavy atom. The first-order valence-corrected chi connectivity index (χ1v) is 8.87. The van der Waals surface area contributed by atoms with Gasteiger partial charge in [-0.05, 0) is 30.4 Å². The molecule has 1 atom stereocenters. The van der Waals surface area contributed by atoms with Crippen molar-refractivity contribution >= 4 is 5.91 Å². The van der Waals surface area contributed by atoms with Gasteiger partial charge in [0.1, 0.15) is 5.54 Å². The molecule has 0 saturated carbocycles. The molecule has 25 heavy (non-hydrogen) atoms. The molecule has 0 aliphatic carbocycles. The van der Waals surface area contributed by atoms with Crippen LogP contribution in [0, 0.1) is 0 Å². The Bertz CT molecular complexity index is 631. The summed E-state index contributed by atoms with van der Waals surface area (Å²) in [5.41, 5.74) is 7.70. The van der Waals surface area contributed by atoms with Gasteiger partial charge in [-0.1, -0.05) is 67.6 Å². The van der Waals surface area contributed by atoms with Gasteiger partial charge in [-0.2, -0.15) is 0 Å². The third-order valence-electron chi connectivity index (χ3n) is 4.36. The highest BCUT2D eigenvalue weighted by Gasteiger charge is 2.32. The van der Waals surface area contributed by atoms with Crippen LogP contribution in [0.2, 0.25) is 0 Å². The molecule has 3 N–H and O–H groups in total. The molecule has 0 fully saturated rings. The number of carbonyl (C=O) groups excluding carboxylic acids is 1. The fourth-order valence-corrected chi connectivity index (χ4v) is 2.56.